The summed E-state index contributed by atoms with van der Waals surface area (Å²) < 4.78 is 2.89. The number of halogens is 1. The molecule has 0 radical (unpaired) electrons. The lowest BCUT2D eigenvalue weighted by Gasteiger charge is -1.93. The van der Waals surface area contributed by atoms with Crippen LogP contribution in [0.1, 0.15) is 5.69 Å². The summed E-state index contributed by atoms with van der Waals surface area (Å²) in [4.78, 5) is 4.22. The van der Waals surface area contributed by atoms with Crippen LogP contribution in [0, 0.1) is 10.6 Å². The monoisotopic (exact) mass is 273 g/mol. The zero-order chi connectivity index (χ0) is 8.72. The molecule has 0 unspecified atom stereocenters. The van der Waals surface area contributed by atoms with E-state index in [2.05, 4.69) is 38.7 Å². The molecule has 0 atom stereocenters. The van der Waals surface area contributed by atoms with Crippen molar-refractivity contribution in [1.82, 2.24) is 14.8 Å². The average molecular weight is 273 g/mol. The van der Waals surface area contributed by atoms with Gasteiger partial charge in [-0.2, -0.15) is 5.10 Å². The van der Waals surface area contributed by atoms with Gasteiger partial charge in [0.25, 0.3) is 0 Å². The molecule has 0 bridgehead atoms. The first-order valence-electron chi connectivity index (χ1n) is 3.63. The van der Waals surface area contributed by atoms with Crippen LogP contribution in [0.5, 0.6) is 0 Å². The second kappa shape index (κ2) is 2.69. The van der Waals surface area contributed by atoms with Crippen molar-refractivity contribution in [3.63, 3.8) is 0 Å². The van der Waals surface area contributed by atoms with Crippen LogP contribution in [0.2, 0.25) is 0 Å². The van der Waals surface area contributed by atoms with E-state index in [1.54, 1.807) is 0 Å². The van der Waals surface area contributed by atoms with E-state index < -0.39 is 0 Å². The Morgan fingerprint density at radius 3 is 3.00 bits per heavy atom. The van der Waals surface area contributed by atoms with Crippen LogP contribution in [-0.2, 0) is 7.05 Å². The molecule has 4 heteroatoms. The number of aromatic nitrogens is 3. The smallest absolute Gasteiger partial charge is 0.131 e. The maximum atomic E-state index is 4.29. The van der Waals surface area contributed by atoms with Crippen LogP contribution in [-0.4, -0.2) is 14.8 Å². The Hall–Kier alpha value is -0.650. The Morgan fingerprint density at radius 2 is 2.25 bits per heavy atom. The van der Waals surface area contributed by atoms with E-state index in [1.807, 2.05) is 24.9 Å². The fraction of sp³-hybridized carbons (Fsp3) is 0.250. The third-order valence-corrected chi connectivity index (χ3v) is 2.63. The Labute approximate surface area is 83.9 Å². The Kier molecular flexibility index (Phi) is 1.79. The van der Waals surface area contributed by atoms with Gasteiger partial charge in [-0.3, -0.25) is 9.67 Å². The normalized spacial score (nSPS) is 10.9. The SMILES string of the molecule is Cc1cc2c(I)nn(C)c2cn1. The van der Waals surface area contributed by atoms with E-state index in [0.29, 0.717) is 0 Å². The van der Waals surface area contributed by atoms with E-state index in [9.17, 15) is 0 Å². The van der Waals surface area contributed by atoms with Crippen molar-refractivity contribution in [2.45, 2.75) is 6.92 Å². The molecule has 0 amide bonds. The van der Waals surface area contributed by atoms with Crippen LogP contribution in [0.25, 0.3) is 10.9 Å². The van der Waals surface area contributed by atoms with E-state index in [0.717, 1.165) is 14.9 Å². The van der Waals surface area contributed by atoms with Gasteiger partial charge in [0, 0.05) is 18.1 Å². The Bertz CT molecular complexity index is 433. The average Bonchev–Trinajstić information content (AvgIpc) is 2.28. The number of aryl methyl sites for hydroxylation is 2. The number of rotatable bonds is 0. The van der Waals surface area contributed by atoms with Gasteiger partial charge in [-0.1, -0.05) is 0 Å². The summed E-state index contributed by atoms with van der Waals surface area (Å²) in [7, 11) is 1.93. The summed E-state index contributed by atoms with van der Waals surface area (Å²) in [5.74, 6) is 0. The zero-order valence-electron chi connectivity index (χ0n) is 6.87. The van der Waals surface area contributed by atoms with Gasteiger partial charge >= 0.3 is 0 Å². The molecule has 0 saturated carbocycles. The van der Waals surface area contributed by atoms with E-state index in [1.165, 1.54) is 5.39 Å². The van der Waals surface area contributed by atoms with Crippen molar-refractivity contribution in [3.05, 3.63) is 21.7 Å². The third-order valence-electron chi connectivity index (χ3n) is 1.83. The topological polar surface area (TPSA) is 30.7 Å². The molecular weight excluding hydrogens is 265 g/mol. The Morgan fingerprint density at radius 1 is 1.50 bits per heavy atom. The molecule has 0 spiro atoms. The maximum Gasteiger partial charge on any atom is 0.131 e. The molecule has 2 aromatic rings. The quantitative estimate of drug-likeness (QED) is 0.686. The number of nitrogens with zero attached hydrogens (tertiary/aromatic N) is 3. The summed E-state index contributed by atoms with van der Waals surface area (Å²) >= 11 is 2.24. The van der Waals surface area contributed by atoms with E-state index in [-0.39, 0.29) is 0 Å². The summed E-state index contributed by atoms with van der Waals surface area (Å²) in [5, 5.41) is 5.48. The minimum absolute atomic E-state index is 1.04. The molecule has 2 aromatic heterocycles. The number of fused-ring (bicyclic) bond motifs is 1. The van der Waals surface area contributed by atoms with Gasteiger partial charge in [0.2, 0.25) is 0 Å². The molecule has 0 fully saturated rings. The lowest BCUT2D eigenvalue weighted by atomic mass is 10.3. The molecule has 0 N–H and O–H groups in total. The highest BCUT2D eigenvalue weighted by Gasteiger charge is 2.05. The van der Waals surface area contributed by atoms with Crippen LogP contribution < -0.4 is 0 Å². The van der Waals surface area contributed by atoms with Crippen molar-refractivity contribution in [1.29, 1.82) is 0 Å². The van der Waals surface area contributed by atoms with Crippen LogP contribution in [0.4, 0.5) is 0 Å². The minimum atomic E-state index is 1.04. The highest BCUT2D eigenvalue weighted by molar-refractivity contribution is 14.1. The molecular formula is C8H8IN3. The van der Waals surface area contributed by atoms with Gasteiger partial charge in [-0.15, -0.1) is 0 Å². The minimum Gasteiger partial charge on any atom is -0.265 e. The van der Waals surface area contributed by atoms with Crippen molar-refractivity contribution >= 4 is 33.5 Å². The van der Waals surface area contributed by atoms with Gasteiger partial charge < -0.3 is 0 Å². The summed E-state index contributed by atoms with van der Waals surface area (Å²) in [6.45, 7) is 1.99. The highest BCUT2D eigenvalue weighted by atomic mass is 127. The first kappa shape index (κ1) is 7.97. The second-order valence-electron chi connectivity index (χ2n) is 2.76. The fourth-order valence-electron chi connectivity index (χ4n) is 1.22. The molecule has 0 aliphatic heterocycles. The molecule has 62 valence electrons. The molecule has 3 nitrogen and oxygen atoms in total. The largest absolute Gasteiger partial charge is 0.265 e. The predicted octanol–water partition coefficient (Wildman–Crippen LogP) is 1.88. The van der Waals surface area contributed by atoms with E-state index in [4.69, 9.17) is 0 Å². The van der Waals surface area contributed by atoms with E-state index >= 15 is 0 Å². The predicted molar refractivity (Wildman–Crippen MR) is 56.0 cm³/mol. The molecule has 12 heavy (non-hydrogen) atoms. The van der Waals surface area contributed by atoms with Gasteiger partial charge in [-0.05, 0) is 35.6 Å². The lowest BCUT2D eigenvalue weighted by Crippen LogP contribution is -1.89. The summed E-state index contributed by atoms with van der Waals surface area (Å²) in [6.07, 6.45) is 1.86. The van der Waals surface area contributed by atoms with Gasteiger partial charge in [0.1, 0.15) is 3.70 Å². The second-order valence-corrected chi connectivity index (χ2v) is 3.78. The first-order valence-corrected chi connectivity index (χ1v) is 4.71. The first-order chi connectivity index (χ1) is 5.68. The highest BCUT2D eigenvalue weighted by Crippen LogP contribution is 2.18. The molecule has 0 aromatic carbocycles. The fourth-order valence-corrected chi connectivity index (χ4v) is 1.97. The van der Waals surface area contributed by atoms with Gasteiger partial charge in [0.15, 0.2) is 0 Å². The maximum absolute atomic E-state index is 4.29. The number of hydrogen-bond acceptors (Lipinski definition) is 2. The number of pyridine rings is 1. The Balaban J connectivity index is 2.90. The van der Waals surface area contributed by atoms with Crippen LogP contribution in [0.3, 0.4) is 0 Å². The zero-order valence-corrected chi connectivity index (χ0v) is 9.03. The molecule has 0 aliphatic carbocycles. The van der Waals surface area contributed by atoms with Crippen LogP contribution >= 0.6 is 22.6 Å². The third kappa shape index (κ3) is 1.10. The van der Waals surface area contributed by atoms with Crippen LogP contribution in [0.15, 0.2) is 12.3 Å². The van der Waals surface area contributed by atoms with Gasteiger partial charge in [-0.25, -0.2) is 0 Å². The number of hydrogen-bond donors (Lipinski definition) is 0. The van der Waals surface area contributed by atoms with Crippen molar-refractivity contribution < 1.29 is 0 Å². The summed E-state index contributed by atoms with van der Waals surface area (Å²) in [5.41, 5.74) is 2.12. The molecule has 2 heterocycles. The van der Waals surface area contributed by atoms with Crippen molar-refractivity contribution in [2.24, 2.45) is 7.05 Å². The summed E-state index contributed by atoms with van der Waals surface area (Å²) in [6, 6.07) is 2.06. The van der Waals surface area contributed by atoms with Crippen molar-refractivity contribution in [2.75, 3.05) is 0 Å². The lowest BCUT2D eigenvalue weighted by molar-refractivity contribution is 0.786. The molecule has 2 rings (SSSR count). The van der Waals surface area contributed by atoms with Crippen molar-refractivity contribution in [3.8, 4) is 0 Å². The molecule has 0 saturated heterocycles. The van der Waals surface area contributed by atoms with Gasteiger partial charge in [0.05, 0.1) is 11.7 Å². The molecule has 0 aliphatic rings. The standard InChI is InChI=1S/C8H8IN3/c1-5-3-6-7(4-10-5)12(2)11-8(6)9/h3-4H,1-2H3.